The molecule has 1 aromatic carbocycles. The van der Waals surface area contributed by atoms with Gasteiger partial charge in [0, 0.05) is 39.8 Å². The summed E-state index contributed by atoms with van der Waals surface area (Å²) in [6, 6.07) is 7.54. The van der Waals surface area contributed by atoms with Crippen molar-refractivity contribution in [2.75, 3.05) is 10.6 Å². The molecule has 33 heavy (non-hydrogen) atoms. The molecule has 0 fully saturated rings. The van der Waals surface area contributed by atoms with Gasteiger partial charge in [-0.15, -0.1) is 0 Å². The Kier molecular flexibility index (Phi) is 6.05. The SMILES string of the molecule is CC(C)(C)c1cc(CNc2nc(NCc3nccn3C(C)(C)C)nc3ccc(Cl)cc23)no1. The van der Waals surface area contributed by atoms with Crippen LogP contribution in [0.15, 0.2) is 41.2 Å². The average Bonchev–Trinajstić information content (AvgIpc) is 3.40. The highest BCUT2D eigenvalue weighted by Crippen LogP contribution is 2.27. The molecule has 174 valence electrons. The molecule has 2 N–H and O–H groups in total. The molecular formula is C24H30ClN7O. The Morgan fingerprint density at radius 2 is 1.79 bits per heavy atom. The summed E-state index contributed by atoms with van der Waals surface area (Å²) in [5, 5.41) is 12.3. The number of aromatic nitrogens is 5. The van der Waals surface area contributed by atoms with E-state index in [4.69, 9.17) is 21.1 Å². The summed E-state index contributed by atoms with van der Waals surface area (Å²) in [7, 11) is 0. The first-order chi connectivity index (χ1) is 15.5. The van der Waals surface area contributed by atoms with Crippen LogP contribution in [0.1, 0.15) is 58.8 Å². The lowest BCUT2D eigenvalue weighted by molar-refractivity contribution is 0.326. The Balaban J connectivity index is 1.58. The van der Waals surface area contributed by atoms with Crippen LogP contribution in [-0.4, -0.2) is 24.7 Å². The number of nitrogens with one attached hydrogen (secondary N) is 2. The van der Waals surface area contributed by atoms with Gasteiger partial charge in [0.15, 0.2) is 0 Å². The molecule has 3 aromatic heterocycles. The first-order valence-electron chi connectivity index (χ1n) is 10.9. The topological polar surface area (TPSA) is 93.7 Å². The van der Waals surface area contributed by atoms with E-state index in [1.165, 1.54) is 0 Å². The molecule has 0 aliphatic rings. The van der Waals surface area contributed by atoms with Gasteiger partial charge < -0.3 is 19.7 Å². The van der Waals surface area contributed by atoms with Crippen molar-refractivity contribution in [3.63, 3.8) is 0 Å². The van der Waals surface area contributed by atoms with Gasteiger partial charge >= 0.3 is 0 Å². The molecular weight excluding hydrogens is 438 g/mol. The first-order valence-corrected chi connectivity index (χ1v) is 11.3. The summed E-state index contributed by atoms with van der Waals surface area (Å²) in [6.45, 7) is 13.7. The van der Waals surface area contributed by atoms with Gasteiger partial charge in [-0.3, -0.25) is 0 Å². The molecule has 0 saturated heterocycles. The number of imidazole rings is 1. The van der Waals surface area contributed by atoms with Crippen molar-refractivity contribution in [3.8, 4) is 0 Å². The van der Waals surface area contributed by atoms with E-state index in [2.05, 4.69) is 71.9 Å². The van der Waals surface area contributed by atoms with Crippen LogP contribution in [-0.2, 0) is 24.0 Å². The zero-order chi connectivity index (χ0) is 23.8. The van der Waals surface area contributed by atoms with E-state index in [1.807, 2.05) is 36.7 Å². The van der Waals surface area contributed by atoms with E-state index in [0.29, 0.717) is 29.9 Å². The molecule has 0 radical (unpaired) electrons. The molecule has 3 heterocycles. The Morgan fingerprint density at radius 1 is 1.00 bits per heavy atom. The van der Waals surface area contributed by atoms with Crippen LogP contribution < -0.4 is 10.6 Å². The van der Waals surface area contributed by atoms with Crippen molar-refractivity contribution >= 4 is 34.3 Å². The van der Waals surface area contributed by atoms with Crippen molar-refractivity contribution in [1.29, 1.82) is 0 Å². The van der Waals surface area contributed by atoms with E-state index in [1.54, 1.807) is 0 Å². The Labute approximate surface area is 198 Å². The summed E-state index contributed by atoms with van der Waals surface area (Å²) in [4.78, 5) is 13.9. The number of benzene rings is 1. The van der Waals surface area contributed by atoms with Gasteiger partial charge in [-0.25, -0.2) is 9.97 Å². The van der Waals surface area contributed by atoms with E-state index < -0.39 is 0 Å². The molecule has 0 spiro atoms. The zero-order valence-corrected chi connectivity index (χ0v) is 20.7. The minimum absolute atomic E-state index is 0.0648. The van der Waals surface area contributed by atoms with Gasteiger partial charge in [-0.1, -0.05) is 37.5 Å². The largest absolute Gasteiger partial charge is 0.364 e. The molecule has 9 heteroatoms. The van der Waals surface area contributed by atoms with Gasteiger partial charge in [0.2, 0.25) is 5.95 Å². The van der Waals surface area contributed by atoms with Gasteiger partial charge in [0.25, 0.3) is 0 Å². The number of hydrogen-bond acceptors (Lipinski definition) is 7. The fraction of sp³-hybridized carbons (Fsp3) is 0.417. The number of fused-ring (bicyclic) bond motifs is 1. The summed E-state index contributed by atoms with van der Waals surface area (Å²) in [5.74, 6) is 2.93. The molecule has 0 unspecified atom stereocenters. The molecule has 0 aliphatic heterocycles. The molecule has 0 amide bonds. The maximum atomic E-state index is 6.25. The van der Waals surface area contributed by atoms with Crippen molar-refractivity contribution in [3.05, 3.63) is 59.0 Å². The molecule has 0 atom stereocenters. The van der Waals surface area contributed by atoms with E-state index in [0.717, 1.165) is 28.2 Å². The Hall–Kier alpha value is -3.13. The average molecular weight is 468 g/mol. The zero-order valence-electron chi connectivity index (χ0n) is 19.9. The van der Waals surface area contributed by atoms with E-state index in [-0.39, 0.29) is 11.0 Å². The number of halogens is 1. The molecule has 4 aromatic rings. The Morgan fingerprint density at radius 3 is 2.48 bits per heavy atom. The van der Waals surface area contributed by atoms with E-state index in [9.17, 15) is 0 Å². The Bertz CT molecular complexity index is 1260. The van der Waals surface area contributed by atoms with Gasteiger partial charge in [-0.2, -0.15) is 4.98 Å². The minimum atomic E-state index is -0.101. The van der Waals surface area contributed by atoms with Crippen LogP contribution >= 0.6 is 11.6 Å². The summed E-state index contributed by atoms with van der Waals surface area (Å²) >= 11 is 6.25. The first kappa shape index (κ1) is 23.0. The normalized spacial score (nSPS) is 12.3. The van der Waals surface area contributed by atoms with Crippen LogP contribution in [0.4, 0.5) is 11.8 Å². The van der Waals surface area contributed by atoms with Crippen LogP contribution in [0.2, 0.25) is 5.02 Å². The lowest BCUT2D eigenvalue weighted by Gasteiger charge is -2.23. The van der Waals surface area contributed by atoms with Crippen molar-refractivity contribution in [1.82, 2.24) is 24.7 Å². The van der Waals surface area contributed by atoms with Crippen LogP contribution in [0.5, 0.6) is 0 Å². The highest BCUT2D eigenvalue weighted by molar-refractivity contribution is 6.31. The fourth-order valence-electron chi connectivity index (χ4n) is 3.47. The maximum absolute atomic E-state index is 6.25. The standard InChI is InChI=1S/C24H30ClN7O/c1-23(2,3)19-12-16(31-33-19)13-27-21-17-11-15(25)7-8-18(17)29-22(30-21)28-14-20-26-9-10-32(20)24(4,5)6/h7-12H,13-14H2,1-6H3,(H2,27,28,29,30). The van der Waals surface area contributed by atoms with Crippen molar-refractivity contribution in [2.45, 2.75) is 65.6 Å². The number of anilines is 2. The highest BCUT2D eigenvalue weighted by Gasteiger charge is 2.20. The number of rotatable bonds is 6. The second-order valence-corrected chi connectivity index (χ2v) is 10.5. The highest BCUT2D eigenvalue weighted by atomic mass is 35.5. The fourth-order valence-corrected chi connectivity index (χ4v) is 3.64. The van der Waals surface area contributed by atoms with Crippen molar-refractivity contribution in [2.24, 2.45) is 0 Å². The lowest BCUT2D eigenvalue weighted by atomic mass is 9.93. The van der Waals surface area contributed by atoms with Gasteiger partial charge in [-0.05, 0) is 39.0 Å². The smallest absolute Gasteiger partial charge is 0.225 e. The molecule has 0 bridgehead atoms. The third kappa shape index (κ3) is 5.27. The van der Waals surface area contributed by atoms with Crippen molar-refractivity contribution < 1.29 is 4.52 Å². The van der Waals surface area contributed by atoms with Crippen LogP contribution in [0.25, 0.3) is 10.9 Å². The summed E-state index contributed by atoms with van der Waals surface area (Å²) < 4.78 is 7.64. The third-order valence-corrected chi connectivity index (χ3v) is 5.47. The minimum Gasteiger partial charge on any atom is -0.364 e. The molecule has 4 rings (SSSR count). The number of nitrogens with zero attached hydrogens (tertiary/aromatic N) is 5. The maximum Gasteiger partial charge on any atom is 0.225 e. The van der Waals surface area contributed by atoms with Gasteiger partial charge in [0.05, 0.1) is 18.6 Å². The second kappa shape index (κ2) is 8.67. The lowest BCUT2D eigenvalue weighted by Crippen LogP contribution is -2.24. The molecule has 0 saturated carbocycles. The van der Waals surface area contributed by atoms with Gasteiger partial charge in [0.1, 0.15) is 23.1 Å². The van der Waals surface area contributed by atoms with E-state index >= 15 is 0 Å². The third-order valence-electron chi connectivity index (χ3n) is 5.24. The summed E-state index contributed by atoms with van der Waals surface area (Å²) in [5.41, 5.74) is 1.42. The number of hydrogen-bond donors (Lipinski definition) is 2. The monoisotopic (exact) mass is 467 g/mol. The van der Waals surface area contributed by atoms with Crippen LogP contribution in [0.3, 0.4) is 0 Å². The molecule has 8 nitrogen and oxygen atoms in total. The molecule has 0 aliphatic carbocycles. The predicted molar refractivity (Wildman–Crippen MR) is 132 cm³/mol. The second-order valence-electron chi connectivity index (χ2n) is 10.1. The summed E-state index contributed by atoms with van der Waals surface area (Å²) in [6.07, 6.45) is 3.79. The predicted octanol–water partition coefficient (Wildman–Crippen LogP) is 5.74. The quantitative estimate of drug-likeness (QED) is 0.373. The van der Waals surface area contributed by atoms with Crippen LogP contribution in [0, 0.1) is 0 Å².